The zero-order chi connectivity index (χ0) is 12.8. The average molecular weight is 239 g/mol. The van der Waals surface area contributed by atoms with Gasteiger partial charge in [-0.1, -0.05) is 6.92 Å². The number of anilines is 1. The van der Waals surface area contributed by atoms with E-state index in [9.17, 15) is 4.79 Å². The fourth-order valence-electron chi connectivity index (χ4n) is 1.19. The minimum atomic E-state index is -0.563. The first-order valence-corrected chi connectivity index (χ1v) is 5.35. The Morgan fingerprint density at radius 3 is 2.88 bits per heavy atom. The third-order valence-corrected chi connectivity index (χ3v) is 2.17. The first kappa shape index (κ1) is 13.4. The van der Waals surface area contributed by atoms with Gasteiger partial charge in [-0.15, -0.1) is 0 Å². The molecule has 1 rings (SSSR count). The Morgan fingerprint density at radius 2 is 2.29 bits per heavy atom. The maximum atomic E-state index is 11.3. The van der Waals surface area contributed by atoms with Crippen molar-refractivity contribution in [1.82, 2.24) is 9.97 Å². The number of esters is 1. The molecule has 1 heterocycles. The molecular formula is C11H17N3O3. The molecule has 6 nitrogen and oxygen atoms in total. The van der Waals surface area contributed by atoms with Gasteiger partial charge < -0.3 is 15.2 Å². The lowest BCUT2D eigenvalue weighted by Gasteiger charge is -2.11. The van der Waals surface area contributed by atoms with Gasteiger partial charge in [-0.3, -0.25) is 0 Å². The summed E-state index contributed by atoms with van der Waals surface area (Å²) in [5, 5.41) is 11.9. The fraction of sp³-hybridized carbons (Fsp3) is 0.545. The van der Waals surface area contributed by atoms with Crippen LogP contribution in [0.15, 0.2) is 6.07 Å². The lowest BCUT2D eigenvalue weighted by Crippen LogP contribution is -2.17. The van der Waals surface area contributed by atoms with Gasteiger partial charge in [-0.2, -0.15) is 0 Å². The summed E-state index contributed by atoms with van der Waals surface area (Å²) >= 11 is 0. The molecule has 0 spiro atoms. The summed E-state index contributed by atoms with van der Waals surface area (Å²) in [7, 11) is 1.29. The third-order valence-electron chi connectivity index (χ3n) is 2.17. The van der Waals surface area contributed by atoms with Gasteiger partial charge in [0.15, 0.2) is 0 Å². The van der Waals surface area contributed by atoms with E-state index in [0.29, 0.717) is 18.1 Å². The van der Waals surface area contributed by atoms with E-state index in [1.807, 2.05) is 6.92 Å². The second kappa shape index (κ2) is 6.15. The van der Waals surface area contributed by atoms with Crippen LogP contribution in [0, 0.1) is 12.8 Å². The Hall–Kier alpha value is -1.69. The molecule has 94 valence electrons. The van der Waals surface area contributed by atoms with Gasteiger partial charge in [0.1, 0.15) is 5.82 Å². The van der Waals surface area contributed by atoms with E-state index in [0.717, 1.165) is 0 Å². The Labute approximate surface area is 100 Å². The molecule has 0 aliphatic heterocycles. The lowest BCUT2D eigenvalue weighted by atomic mass is 10.2. The van der Waals surface area contributed by atoms with Crippen LogP contribution in [0.1, 0.15) is 23.2 Å². The van der Waals surface area contributed by atoms with E-state index in [2.05, 4.69) is 20.0 Å². The van der Waals surface area contributed by atoms with Crippen LogP contribution < -0.4 is 5.32 Å². The molecule has 0 aromatic carbocycles. The van der Waals surface area contributed by atoms with Crippen molar-refractivity contribution in [2.24, 2.45) is 5.92 Å². The molecule has 1 aromatic rings. The molecular weight excluding hydrogens is 222 g/mol. The molecule has 0 saturated carbocycles. The van der Waals surface area contributed by atoms with E-state index >= 15 is 0 Å². The normalized spacial score (nSPS) is 12.0. The van der Waals surface area contributed by atoms with E-state index in [4.69, 9.17) is 5.11 Å². The number of carbonyl (C=O) groups excluding carboxylic acids is 1. The first-order chi connectivity index (χ1) is 8.06. The SMILES string of the molecule is COC(=O)c1nc(C)cc(NCC(C)CO)n1. The number of nitrogens with one attached hydrogen (secondary N) is 1. The number of nitrogens with zero attached hydrogens (tertiary/aromatic N) is 2. The summed E-state index contributed by atoms with van der Waals surface area (Å²) in [6.45, 7) is 4.35. The second-order valence-corrected chi connectivity index (χ2v) is 3.88. The Balaban J connectivity index is 2.79. The van der Waals surface area contributed by atoms with E-state index in [-0.39, 0.29) is 18.3 Å². The number of aliphatic hydroxyl groups is 1. The maximum Gasteiger partial charge on any atom is 0.376 e. The van der Waals surface area contributed by atoms with Gasteiger partial charge in [0.25, 0.3) is 0 Å². The van der Waals surface area contributed by atoms with Gasteiger partial charge in [-0.25, -0.2) is 14.8 Å². The van der Waals surface area contributed by atoms with E-state index < -0.39 is 5.97 Å². The number of methoxy groups -OCH3 is 1. The van der Waals surface area contributed by atoms with Gasteiger partial charge in [-0.05, 0) is 12.8 Å². The monoisotopic (exact) mass is 239 g/mol. The van der Waals surface area contributed by atoms with Crippen LogP contribution in [0.5, 0.6) is 0 Å². The molecule has 0 radical (unpaired) electrons. The lowest BCUT2D eigenvalue weighted by molar-refractivity contribution is 0.0586. The molecule has 0 saturated heterocycles. The number of carbonyl (C=O) groups is 1. The van der Waals surface area contributed by atoms with Gasteiger partial charge in [0, 0.05) is 24.9 Å². The van der Waals surface area contributed by atoms with Crippen LogP contribution in [0.2, 0.25) is 0 Å². The third kappa shape index (κ3) is 3.99. The van der Waals surface area contributed by atoms with Crippen LogP contribution in [0.3, 0.4) is 0 Å². The zero-order valence-electron chi connectivity index (χ0n) is 10.2. The highest BCUT2D eigenvalue weighted by molar-refractivity contribution is 5.85. The minimum Gasteiger partial charge on any atom is -0.463 e. The number of aromatic nitrogens is 2. The summed E-state index contributed by atoms with van der Waals surface area (Å²) < 4.78 is 4.56. The number of hydrogen-bond acceptors (Lipinski definition) is 6. The zero-order valence-corrected chi connectivity index (χ0v) is 10.2. The molecule has 1 aromatic heterocycles. The maximum absolute atomic E-state index is 11.3. The summed E-state index contributed by atoms with van der Waals surface area (Å²) in [5.74, 6) is 0.142. The molecule has 0 bridgehead atoms. The molecule has 2 N–H and O–H groups in total. The summed E-state index contributed by atoms with van der Waals surface area (Å²) in [6, 6.07) is 1.73. The highest BCUT2D eigenvalue weighted by atomic mass is 16.5. The van der Waals surface area contributed by atoms with Crippen LogP contribution >= 0.6 is 0 Å². The molecule has 0 aliphatic carbocycles. The predicted molar refractivity (Wildman–Crippen MR) is 62.8 cm³/mol. The number of aliphatic hydroxyl groups excluding tert-OH is 1. The fourth-order valence-corrected chi connectivity index (χ4v) is 1.19. The van der Waals surface area contributed by atoms with Crippen molar-refractivity contribution in [2.75, 3.05) is 25.6 Å². The highest BCUT2D eigenvalue weighted by Crippen LogP contribution is 2.08. The van der Waals surface area contributed by atoms with Crippen molar-refractivity contribution in [3.8, 4) is 0 Å². The number of ether oxygens (including phenoxy) is 1. The van der Waals surface area contributed by atoms with E-state index in [1.54, 1.807) is 13.0 Å². The first-order valence-electron chi connectivity index (χ1n) is 5.35. The van der Waals surface area contributed by atoms with Gasteiger partial charge in [0.05, 0.1) is 7.11 Å². The van der Waals surface area contributed by atoms with Gasteiger partial charge >= 0.3 is 5.97 Å². The molecule has 1 atom stereocenters. The number of hydrogen-bond donors (Lipinski definition) is 2. The molecule has 1 unspecified atom stereocenters. The average Bonchev–Trinajstić information content (AvgIpc) is 2.34. The summed E-state index contributed by atoms with van der Waals surface area (Å²) in [6.07, 6.45) is 0. The largest absolute Gasteiger partial charge is 0.463 e. The standard InChI is InChI=1S/C11H17N3O3/c1-7(6-15)5-12-9-4-8(2)13-10(14-9)11(16)17-3/h4,7,15H,5-6H2,1-3H3,(H,12,13,14). The minimum absolute atomic E-state index is 0.0339. The van der Waals surface area contributed by atoms with Gasteiger partial charge in [0.2, 0.25) is 5.82 Å². The molecule has 0 amide bonds. The number of rotatable bonds is 5. The van der Waals surface area contributed by atoms with Crippen molar-refractivity contribution < 1.29 is 14.6 Å². The van der Waals surface area contributed by atoms with Crippen molar-refractivity contribution in [3.63, 3.8) is 0 Å². The Bertz CT molecular complexity index is 396. The highest BCUT2D eigenvalue weighted by Gasteiger charge is 2.11. The second-order valence-electron chi connectivity index (χ2n) is 3.88. The molecule has 6 heteroatoms. The number of aryl methyl sites for hydroxylation is 1. The van der Waals surface area contributed by atoms with Crippen LogP contribution in [-0.4, -0.2) is 41.3 Å². The summed E-state index contributed by atoms with van der Waals surface area (Å²) in [4.78, 5) is 19.3. The predicted octanol–water partition coefficient (Wildman–Crippen LogP) is 0.612. The smallest absolute Gasteiger partial charge is 0.376 e. The van der Waals surface area contributed by atoms with Crippen molar-refractivity contribution in [1.29, 1.82) is 0 Å². The molecule has 0 fully saturated rings. The van der Waals surface area contributed by atoms with Crippen LogP contribution in [0.25, 0.3) is 0 Å². The van der Waals surface area contributed by atoms with Crippen molar-refractivity contribution in [3.05, 3.63) is 17.6 Å². The molecule has 0 aliphatic rings. The van der Waals surface area contributed by atoms with Crippen LogP contribution in [-0.2, 0) is 4.74 Å². The Kier molecular flexibility index (Phi) is 4.84. The molecule has 17 heavy (non-hydrogen) atoms. The quantitative estimate of drug-likeness (QED) is 0.732. The van der Waals surface area contributed by atoms with Crippen molar-refractivity contribution in [2.45, 2.75) is 13.8 Å². The Morgan fingerprint density at radius 1 is 1.59 bits per heavy atom. The van der Waals surface area contributed by atoms with Crippen molar-refractivity contribution >= 4 is 11.8 Å². The van der Waals surface area contributed by atoms with Crippen LogP contribution in [0.4, 0.5) is 5.82 Å². The summed E-state index contributed by atoms with van der Waals surface area (Å²) in [5.41, 5.74) is 0.680. The van der Waals surface area contributed by atoms with E-state index in [1.165, 1.54) is 7.11 Å². The topological polar surface area (TPSA) is 84.3 Å².